The highest BCUT2D eigenvalue weighted by molar-refractivity contribution is 7.80. The molecule has 0 aromatic heterocycles. The van der Waals surface area contributed by atoms with E-state index >= 15 is 0 Å². The molecule has 1 fully saturated rings. The average Bonchev–Trinajstić information content (AvgIpc) is 2.55. The van der Waals surface area contributed by atoms with Gasteiger partial charge in [-0.15, -0.1) is 0 Å². The van der Waals surface area contributed by atoms with E-state index in [4.69, 9.17) is 21.7 Å². The fourth-order valence-electron chi connectivity index (χ4n) is 2.33. The van der Waals surface area contributed by atoms with Crippen molar-refractivity contribution in [3.63, 3.8) is 0 Å². The summed E-state index contributed by atoms with van der Waals surface area (Å²) in [5.41, 5.74) is 1.23. The van der Waals surface area contributed by atoms with Crippen molar-refractivity contribution in [2.45, 2.75) is 0 Å². The number of hydrogen-bond acceptors (Lipinski definition) is 4. The predicted octanol–water partition coefficient (Wildman–Crippen LogP) is 1.34. The van der Waals surface area contributed by atoms with Crippen molar-refractivity contribution >= 4 is 23.0 Å². The third-order valence-corrected chi connectivity index (χ3v) is 3.99. The Morgan fingerprint density at radius 3 is 2.38 bits per heavy atom. The summed E-state index contributed by atoms with van der Waals surface area (Å²) in [5.74, 6) is 0.890. The lowest BCUT2D eigenvalue weighted by Gasteiger charge is -2.37. The first-order valence-electron chi connectivity index (χ1n) is 7.15. The molecular formula is C15H23N3O2S. The van der Waals surface area contributed by atoms with Crippen LogP contribution in [0.4, 0.5) is 5.69 Å². The maximum absolute atomic E-state index is 5.40. The van der Waals surface area contributed by atoms with E-state index in [2.05, 4.69) is 27.2 Å². The number of thiocarbonyl (C=S) groups is 1. The molecule has 1 saturated heterocycles. The minimum Gasteiger partial charge on any atom is -0.497 e. The van der Waals surface area contributed by atoms with Crippen LogP contribution in [0, 0.1) is 0 Å². The van der Waals surface area contributed by atoms with Gasteiger partial charge in [0.05, 0.1) is 13.7 Å². The SMILES string of the molecule is COCCNC(=S)N1CCN(c2ccc(OC)cc2)CC1. The summed E-state index contributed by atoms with van der Waals surface area (Å²) in [7, 11) is 3.38. The number of ether oxygens (including phenoxy) is 2. The first kappa shape index (κ1) is 15.9. The lowest BCUT2D eigenvalue weighted by atomic mass is 10.2. The third-order valence-electron chi connectivity index (χ3n) is 3.59. The van der Waals surface area contributed by atoms with Crippen LogP contribution in [-0.2, 0) is 4.74 Å². The minimum absolute atomic E-state index is 0.673. The number of rotatable bonds is 5. The molecular weight excluding hydrogens is 286 g/mol. The fourth-order valence-corrected chi connectivity index (χ4v) is 2.62. The second kappa shape index (κ2) is 8.05. The van der Waals surface area contributed by atoms with Gasteiger partial charge < -0.3 is 24.6 Å². The van der Waals surface area contributed by atoms with E-state index < -0.39 is 0 Å². The summed E-state index contributed by atoms with van der Waals surface area (Å²) in [6, 6.07) is 8.20. The fraction of sp³-hybridized carbons (Fsp3) is 0.533. The highest BCUT2D eigenvalue weighted by atomic mass is 32.1. The number of piperazine rings is 1. The van der Waals surface area contributed by atoms with Crippen molar-refractivity contribution in [1.29, 1.82) is 0 Å². The van der Waals surface area contributed by atoms with Crippen molar-refractivity contribution in [3.05, 3.63) is 24.3 Å². The van der Waals surface area contributed by atoms with Gasteiger partial charge in [0.1, 0.15) is 5.75 Å². The lowest BCUT2D eigenvalue weighted by molar-refractivity contribution is 0.202. The van der Waals surface area contributed by atoms with Crippen molar-refractivity contribution in [2.75, 3.05) is 58.5 Å². The van der Waals surface area contributed by atoms with E-state index in [-0.39, 0.29) is 0 Å². The van der Waals surface area contributed by atoms with Crippen LogP contribution < -0.4 is 15.0 Å². The number of hydrogen-bond donors (Lipinski definition) is 1. The molecule has 0 radical (unpaired) electrons. The molecule has 116 valence electrons. The highest BCUT2D eigenvalue weighted by Gasteiger charge is 2.18. The van der Waals surface area contributed by atoms with E-state index in [0.29, 0.717) is 6.61 Å². The van der Waals surface area contributed by atoms with Crippen LogP contribution in [0.15, 0.2) is 24.3 Å². The molecule has 21 heavy (non-hydrogen) atoms. The molecule has 1 aromatic carbocycles. The summed E-state index contributed by atoms with van der Waals surface area (Å²) in [6.45, 7) is 5.24. The van der Waals surface area contributed by atoms with Gasteiger partial charge in [-0.2, -0.15) is 0 Å². The molecule has 5 nitrogen and oxygen atoms in total. The van der Waals surface area contributed by atoms with Gasteiger partial charge in [-0.25, -0.2) is 0 Å². The maximum Gasteiger partial charge on any atom is 0.169 e. The van der Waals surface area contributed by atoms with Crippen LogP contribution in [0.1, 0.15) is 0 Å². The van der Waals surface area contributed by atoms with Gasteiger partial charge in [-0.05, 0) is 36.5 Å². The molecule has 1 aromatic rings. The molecule has 1 aliphatic rings. The van der Waals surface area contributed by atoms with Gasteiger partial charge in [0, 0.05) is 45.5 Å². The standard InChI is InChI=1S/C15H23N3O2S/c1-19-12-7-16-15(21)18-10-8-17(9-11-18)13-3-5-14(20-2)6-4-13/h3-6H,7-12H2,1-2H3,(H,16,21). The topological polar surface area (TPSA) is 37.0 Å². The van der Waals surface area contributed by atoms with Gasteiger partial charge in [0.25, 0.3) is 0 Å². The Morgan fingerprint density at radius 1 is 1.14 bits per heavy atom. The van der Waals surface area contributed by atoms with Gasteiger partial charge in [0.15, 0.2) is 5.11 Å². The molecule has 0 saturated carbocycles. The van der Waals surface area contributed by atoms with Crippen molar-refractivity contribution < 1.29 is 9.47 Å². The molecule has 0 bridgehead atoms. The normalized spacial score (nSPS) is 15.0. The second-order valence-corrected chi connectivity index (χ2v) is 5.28. The Bertz CT molecular complexity index is 445. The van der Waals surface area contributed by atoms with Gasteiger partial charge >= 0.3 is 0 Å². The van der Waals surface area contributed by atoms with Crippen LogP contribution in [0.5, 0.6) is 5.75 Å². The zero-order valence-corrected chi connectivity index (χ0v) is 13.5. The first-order chi connectivity index (χ1) is 10.2. The average molecular weight is 309 g/mol. The first-order valence-corrected chi connectivity index (χ1v) is 7.56. The number of anilines is 1. The molecule has 0 unspecified atom stereocenters. The largest absolute Gasteiger partial charge is 0.497 e. The maximum atomic E-state index is 5.40. The Morgan fingerprint density at radius 2 is 1.81 bits per heavy atom. The van der Waals surface area contributed by atoms with Gasteiger partial charge in [-0.3, -0.25) is 0 Å². The number of nitrogens with one attached hydrogen (secondary N) is 1. The summed E-state index contributed by atoms with van der Waals surface area (Å²) in [4.78, 5) is 4.58. The van der Waals surface area contributed by atoms with E-state index in [1.165, 1.54) is 5.69 Å². The molecule has 1 N–H and O–H groups in total. The molecule has 0 aliphatic carbocycles. The Balaban J connectivity index is 1.80. The molecule has 6 heteroatoms. The molecule has 0 amide bonds. The van der Waals surface area contributed by atoms with E-state index in [9.17, 15) is 0 Å². The third kappa shape index (κ3) is 4.47. The van der Waals surface area contributed by atoms with E-state index in [1.807, 2.05) is 12.1 Å². The molecule has 1 aliphatic heterocycles. The second-order valence-electron chi connectivity index (χ2n) is 4.90. The van der Waals surface area contributed by atoms with Crippen molar-refractivity contribution in [1.82, 2.24) is 10.2 Å². The Hall–Kier alpha value is -1.53. The quantitative estimate of drug-likeness (QED) is 0.653. The monoisotopic (exact) mass is 309 g/mol. The number of nitrogens with zero attached hydrogens (tertiary/aromatic N) is 2. The lowest BCUT2D eigenvalue weighted by Crippen LogP contribution is -2.52. The Labute approximate surface area is 131 Å². The van der Waals surface area contributed by atoms with Gasteiger partial charge in [0.2, 0.25) is 0 Å². The zero-order chi connectivity index (χ0) is 15.1. The molecule has 0 spiro atoms. The molecule has 1 heterocycles. The molecule has 0 atom stereocenters. The highest BCUT2D eigenvalue weighted by Crippen LogP contribution is 2.20. The van der Waals surface area contributed by atoms with Crippen molar-refractivity contribution in [2.24, 2.45) is 0 Å². The number of benzene rings is 1. The summed E-state index contributed by atoms with van der Waals surface area (Å²) >= 11 is 5.40. The van der Waals surface area contributed by atoms with E-state index in [0.717, 1.165) is 43.6 Å². The number of methoxy groups -OCH3 is 2. The smallest absolute Gasteiger partial charge is 0.169 e. The summed E-state index contributed by atoms with van der Waals surface area (Å²) in [5, 5.41) is 4.04. The van der Waals surface area contributed by atoms with E-state index in [1.54, 1.807) is 14.2 Å². The van der Waals surface area contributed by atoms with Crippen LogP contribution >= 0.6 is 12.2 Å². The summed E-state index contributed by atoms with van der Waals surface area (Å²) < 4.78 is 10.2. The van der Waals surface area contributed by atoms with Crippen LogP contribution in [0.2, 0.25) is 0 Å². The predicted molar refractivity (Wildman–Crippen MR) is 89.3 cm³/mol. The van der Waals surface area contributed by atoms with Crippen LogP contribution in [0.3, 0.4) is 0 Å². The molecule has 2 rings (SSSR count). The summed E-state index contributed by atoms with van der Waals surface area (Å²) in [6.07, 6.45) is 0. The van der Waals surface area contributed by atoms with Crippen LogP contribution in [0.25, 0.3) is 0 Å². The minimum atomic E-state index is 0.673. The van der Waals surface area contributed by atoms with Crippen LogP contribution in [-0.4, -0.2) is 63.6 Å². The van der Waals surface area contributed by atoms with Gasteiger partial charge in [-0.1, -0.05) is 0 Å². The van der Waals surface area contributed by atoms with Crippen molar-refractivity contribution in [3.8, 4) is 5.75 Å². The Kier molecular flexibility index (Phi) is 6.07. The zero-order valence-electron chi connectivity index (χ0n) is 12.7.